The lowest BCUT2D eigenvalue weighted by molar-refractivity contribution is -0.384. The second kappa shape index (κ2) is 7.96. The Kier molecular flexibility index (Phi) is 5.73. The SMILES string of the molecule is CCc1ccc(OCCC(=O)Nc2cc([N+](=O)[O-])ccc2O)cc1. The highest BCUT2D eigenvalue weighted by Crippen LogP contribution is 2.27. The third kappa shape index (κ3) is 4.70. The Morgan fingerprint density at radius 2 is 1.96 bits per heavy atom. The smallest absolute Gasteiger partial charge is 0.271 e. The minimum absolute atomic E-state index is 0.00139. The first kappa shape index (κ1) is 17.3. The number of phenols is 1. The molecule has 7 heteroatoms. The molecule has 2 aromatic carbocycles. The molecule has 0 aliphatic heterocycles. The van der Waals surface area contributed by atoms with Crippen molar-refractivity contribution in [1.82, 2.24) is 0 Å². The van der Waals surface area contributed by atoms with Crippen molar-refractivity contribution in [1.29, 1.82) is 0 Å². The molecule has 0 aromatic heterocycles. The maximum atomic E-state index is 11.9. The molecule has 126 valence electrons. The fourth-order valence-electron chi connectivity index (χ4n) is 2.03. The Bertz CT molecular complexity index is 728. The Labute approximate surface area is 139 Å². The van der Waals surface area contributed by atoms with Gasteiger partial charge in [-0.2, -0.15) is 0 Å². The summed E-state index contributed by atoms with van der Waals surface area (Å²) < 4.78 is 5.47. The van der Waals surface area contributed by atoms with Crippen molar-refractivity contribution in [3.05, 3.63) is 58.1 Å². The number of amides is 1. The number of carbonyl (C=O) groups is 1. The van der Waals surface area contributed by atoms with E-state index in [4.69, 9.17) is 4.74 Å². The maximum Gasteiger partial charge on any atom is 0.271 e. The number of phenolic OH excluding ortho intramolecular Hbond substituents is 1. The van der Waals surface area contributed by atoms with Gasteiger partial charge >= 0.3 is 0 Å². The molecule has 0 saturated heterocycles. The number of nitro benzene ring substituents is 1. The fourth-order valence-corrected chi connectivity index (χ4v) is 2.03. The predicted molar refractivity (Wildman–Crippen MR) is 89.3 cm³/mol. The second-order valence-corrected chi connectivity index (χ2v) is 5.10. The number of aryl methyl sites for hydroxylation is 1. The molecule has 0 radical (unpaired) electrons. The van der Waals surface area contributed by atoms with Crippen LogP contribution in [0.1, 0.15) is 18.9 Å². The van der Waals surface area contributed by atoms with Crippen LogP contribution in [0.15, 0.2) is 42.5 Å². The first-order valence-electron chi connectivity index (χ1n) is 7.48. The molecule has 0 heterocycles. The van der Waals surface area contributed by atoms with Gasteiger partial charge in [0.05, 0.1) is 23.6 Å². The van der Waals surface area contributed by atoms with Gasteiger partial charge in [0.2, 0.25) is 5.91 Å². The van der Waals surface area contributed by atoms with E-state index in [1.165, 1.54) is 11.6 Å². The summed E-state index contributed by atoms with van der Waals surface area (Å²) in [6, 6.07) is 11.0. The molecule has 24 heavy (non-hydrogen) atoms. The van der Waals surface area contributed by atoms with E-state index in [9.17, 15) is 20.0 Å². The van der Waals surface area contributed by atoms with E-state index < -0.39 is 10.8 Å². The van der Waals surface area contributed by atoms with Crippen molar-refractivity contribution in [2.75, 3.05) is 11.9 Å². The summed E-state index contributed by atoms with van der Waals surface area (Å²) in [7, 11) is 0. The summed E-state index contributed by atoms with van der Waals surface area (Å²) in [5.74, 6) is 0.0270. The van der Waals surface area contributed by atoms with Crippen LogP contribution in [-0.4, -0.2) is 22.5 Å². The number of non-ortho nitro benzene ring substituents is 1. The number of benzene rings is 2. The largest absolute Gasteiger partial charge is 0.506 e. The maximum absolute atomic E-state index is 11.9. The summed E-state index contributed by atoms with van der Waals surface area (Å²) in [5.41, 5.74) is 0.984. The van der Waals surface area contributed by atoms with E-state index in [0.717, 1.165) is 18.6 Å². The van der Waals surface area contributed by atoms with Crippen molar-refractivity contribution in [2.45, 2.75) is 19.8 Å². The molecular weight excluding hydrogens is 312 g/mol. The zero-order valence-corrected chi connectivity index (χ0v) is 13.2. The van der Waals surface area contributed by atoms with Gasteiger partial charge in [0.1, 0.15) is 11.5 Å². The molecule has 0 spiro atoms. The lowest BCUT2D eigenvalue weighted by Crippen LogP contribution is -2.15. The van der Waals surface area contributed by atoms with Gasteiger partial charge in [-0.3, -0.25) is 14.9 Å². The van der Waals surface area contributed by atoms with Crippen LogP contribution < -0.4 is 10.1 Å². The van der Waals surface area contributed by atoms with Crippen LogP contribution >= 0.6 is 0 Å². The Hall–Kier alpha value is -3.09. The Balaban J connectivity index is 1.86. The predicted octanol–water partition coefficient (Wildman–Crippen LogP) is 3.27. The summed E-state index contributed by atoms with van der Waals surface area (Å²) in [4.78, 5) is 22.0. The third-order valence-corrected chi connectivity index (χ3v) is 3.39. The first-order valence-corrected chi connectivity index (χ1v) is 7.48. The van der Waals surface area contributed by atoms with Crippen LogP contribution in [0, 0.1) is 10.1 Å². The first-order chi connectivity index (χ1) is 11.5. The number of nitro groups is 1. The van der Waals surface area contributed by atoms with Crippen LogP contribution in [0.5, 0.6) is 11.5 Å². The van der Waals surface area contributed by atoms with E-state index >= 15 is 0 Å². The van der Waals surface area contributed by atoms with E-state index in [0.29, 0.717) is 5.75 Å². The van der Waals surface area contributed by atoms with Gasteiger partial charge in [-0.1, -0.05) is 19.1 Å². The minimum Gasteiger partial charge on any atom is -0.506 e. The van der Waals surface area contributed by atoms with E-state index in [1.54, 1.807) is 0 Å². The van der Waals surface area contributed by atoms with Crippen LogP contribution in [0.2, 0.25) is 0 Å². The van der Waals surface area contributed by atoms with Crippen LogP contribution in [0.25, 0.3) is 0 Å². The molecule has 0 saturated carbocycles. The standard InChI is InChI=1S/C17H18N2O5/c1-2-12-3-6-14(7-4-12)24-10-9-17(21)18-15-11-13(19(22)23)5-8-16(15)20/h3-8,11,20H,2,9-10H2,1H3,(H,18,21). The van der Waals surface area contributed by atoms with Gasteiger partial charge in [-0.05, 0) is 30.2 Å². The van der Waals surface area contributed by atoms with E-state index in [1.807, 2.05) is 24.3 Å². The second-order valence-electron chi connectivity index (χ2n) is 5.10. The number of anilines is 1. The molecule has 2 aromatic rings. The van der Waals surface area contributed by atoms with Gasteiger partial charge < -0.3 is 15.2 Å². The highest BCUT2D eigenvalue weighted by molar-refractivity contribution is 5.92. The molecule has 2 N–H and O–H groups in total. The van der Waals surface area contributed by atoms with Crippen LogP contribution in [0.3, 0.4) is 0 Å². The average molecular weight is 330 g/mol. The number of nitrogens with one attached hydrogen (secondary N) is 1. The van der Waals surface area contributed by atoms with Crippen LogP contribution in [0.4, 0.5) is 11.4 Å². The van der Waals surface area contributed by atoms with Crippen molar-refractivity contribution < 1.29 is 19.6 Å². The molecule has 0 fully saturated rings. The number of carbonyl (C=O) groups excluding carboxylic acids is 1. The monoisotopic (exact) mass is 330 g/mol. The summed E-state index contributed by atoms with van der Waals surface area (Å²) in [6.07, 6.45) is 0.993. The Morgan fingerprint density at radius 1 is 1.25 bits per heavy atom. The quantitative estimate of drug-likeness (QED) is 0.461. The molecular formula is C17H18N2O5. The molecule has 0 atom stereocenters. The molecule has 0 bridgehead atoms. The zero-order valence-electron chi connectivity index (χ0n) is 13.2. The number of rotatable bonds is 7. The van der Waals surface area contributed by atoms with Gasteiger partial charge in [0.15, 0.2) is 0 Å². The molecule has 7 nitrogen and oxygen atoms in total. The number of hydrogen-bond donors (Lipinski definition) is 2. The highest BCUT2D eigenvalue weighted by Gasteiger charge is 2.12. The van der Waals surface area contributed by atoms with E-state index in [-0.39, 0.29) is 30.2 Å². The molecule has 1 amide bonds. The summed E-state index contributed by atoms with van der Waals surface area (Å²) >= 11 is 0. The molecule has 0 aliphatic rings. The normalized spacial score (nSPS) is 10.2. The van der Waals surface area contributed by atoms with Crippen molar-refractivity contribution in [2.24, 2.45) is 0 Å². The summed E-state index contributed by atoms with van der Waals surface area (Å²) in [5, 5.41) is 22.8. The van der Waals surface area contributed by atoms with Gasteiger partial charge in [-0.25, -0.2) is 0 Å². The zero-order chi connectivity index (χ0) is 17.5. The van der Waals surface area contributed by atoms with Gasteiger partial charge in [0, 0.05) is 12.1 Å². The highest BCUT2D eigenvalue weighted by atomic mass is 16.6. The molecule has 0 aliphatic carbocycles. The third-order valence-electron chi connectivity index (χ3n) is 3.39. The van der Waals surface area contributed by atoms with Crippen molar-refractivity contribution in [3.63, 3.8) is 0 Å². The van der Waals surface area contributed by atoms with Crippen molar-refractivity contribution >= 4 is 17.3 Å². The number of aromatic hydroxyl groups is 1. The Morgan fingerprint density at radius 3 is 2.58 bits per heavy atom. The number of nitrogens with zero attached hydrogens (tertiary/aromatic N) is 1. The van der Waals surface area contributed by atoms with E-state index in [2.05, 4.69) is 12.2 Å². The average Bonchev–Trinajstić information content (AvgIpc) is 2.57. The minimum atomic E-state index is -0.599. The van der Waals surface area contributed by atoms with Gasteiger partial charge in [0.25, 0.3) is 5.69 Å². The number of ether oxygens (including phenoxy) is 1. The fraction of sp³-hybridized carbons (Fsp3) is 0.235. The molecule has 0 unspecified atom stereocenters. The van der Waals surface area contributed by atoms with Gasteiger partial charge in [-0.15, -0.1) is 0 Å². The molecule has 2 rings (SSSR count). The topological polar surface area (TPSA) is 102 Å². The number of hydrogen-bond acceptors (Lipinski definition) is 5. The van der Waals surface area contributed by atoms with Crippen molar-refractivity contribution in [3.8, 4) is 11.5 Å². The summed E-state index contributed by atoms with van der Waals surface area (Å²) in [6.45, 7) is 2.22. The lowest BCUT2D eigenvalue weighted by Gasteiger charge is -2.09. The lowest BCUT2D eigenvalue weighted by atomic mass is 10.2. The van der Waals surface area contributed by atoms with Crippen LogP contribution in [-0.2, 0) is 11.2 Å².